The fourth-order valence-electron chi connectivity index (χ4n) is 2.62. The minimum atomic E-state index is -0.385. The van der Waals surface area contributed by atoms with Gasteiger partial charge in [-0.3, -0.25) is 9.59 Å². The zero-order valence-electron chi connectivity index (χ0n) is 13.0. The van der Waals surface area contributed by atoms with Crippen molar-refractivity contribution in [3.63, 3.8) is 0 Å². The Kier molecular flexibility index (Phi) is 4.10. The van der Waals surface area contributed by atoms with E-state index in [0.29, 0.717) is 18.3 Å². The first-order valence-corrected chi connectivity index (χ1v) is 7.50. The Morgan fingerprint density at radius 1 is 1.39 bits per heavy atom. The van der Waals surface area contributed by atoms with Gasteiger partial charge in [0.1, 0.15) is 6.04 Å². The van der Waals surface area contributed by atoms with Gasteiger partial charge >= 0.3 is 0 Å². The highest BCUT2D eigenvalue weighted by atomic mass is 16.5. The van der Waals surface area contributed by atoms with Gasteiger partial charge in [0.2, 0.25) is 17.7 Å². The average molecular weight is 314 g/mol. The van der Waals surface area contributed by atoms with Gasteiger partial charge in [0, 0.05) is 18.7 Å². The lowest BCUT2D eigenvalue weighted by Gasteiger charge is -2.17. The van der Waals surface area contributed by atoms with Crippen LogP contribution >= 0.6 is 0 Å². The third kappa shape index (κ3) is 3.23. The van der Waals surface area contributed by atoms with Gasteiger partial charge in [0.15, 0.2) is 5.82 Å². The van der Waals surface area contributed by atoms with E-state index < -0.39 is 0 Å². The molecule has 1 aliphatic rings. The van der Waals surface area contributed by atoms with Crippen LogP contribution in [0.4, 0.5) is 5.69 Å². The molecule has 0 unspecified atom stereocenters. The first-order valence-electron chi connectivity index (χ1n) is 7.50. The van der Waals surface area contributed by atoms with E-state index in [1.54, 1.807) is 18.7 Å². The molecule has 2 heterocycles. The van der Waals surface area contributed by atoms with Crippen LogP contribution in [-0.2, 0) is 9.59 Å². The van der Waals surface area contributed by atoms with Crippen LogP contribution in [-0.4, -0.2) is 28.5 Å². The van der Waals surface area contributed by atoms with Crippen molar-refractivity contribution in [2.24, 2.45) is 5.92 Å². The summed E-state index contributed by atoms with van der Waals surface area (Å²) in [5, 5.41) is 6.54. The van der Waals surface area contributed by atoms with Crippen molar-refractivity contribution in [1.82, 2.24) is 15.5 Å². The van der Waals surface area contributed by atoms with Gasteiger partial charge < -0.3 is 14.7 Å². The fraction of sp³-hybridized carbons (Fsp3) is 0.375. The van der Waals surface area contributed by atoms with Gasteiger partial charge in [-0.15, -0.1) is 0 Å². The van der Waals surface area contributed by atoms with Gasteiger partial charge in [-0.2, -0.15) is 4.98 Å². The van der Waals surface area contributed by atoms with E-state index >= 15 is 0 Å². The number of nitrogens with zero attached hydrogens (tertiary/aromatic N) is 3. The number of nitrogens with one attached hydrogen (secondary N) is 1. The summed E-state index contributed by atoms with van der Waals surface area (Å²) in [5.41, 5.74) is 0.813. The molecule has 1 saturated heterocycles. The molecule has 1 aromatic heterocycles. The lowest BCUT2D eigenvalue weighted by molar-refractivity contribution is -0.127. The Hall–Kier alpha value is -2.70. The second-order valence-corrected chi connectivity index (χ2v) is 5.65. The maximum atomic E-state index is 12.4. The molecule has 2 aromatic rings. The van der Waals surface area contributed by atoms with E-state index in [1.807, 2.05) is 30.3 Å². The molecule has 7 nitrogen and oxygen atoms in total. The Bertz CT molecular complexity index is 713. The van der Waals surface area contributed by atoms with Crippen LogP contribution in [0.3, 0.4) is 0 Å². The second kappa shape index (κ2) is 6.20. The molecule has 1 aliphatic heterocycles. The van der Waals surface area contributed by atoms with Crippen LogP contribution in [0.2, 0.25) is 0 Å². The Morgan fingerprint density at radius 2 is 2.13 bits per heavy atom. The minimum Gasteiger partial charge on any atom is -0.344 e. The molecule has 3 rings (SSSR count). The zero-order valence-corrected chi connectivity index (χ0v) is 13.0. The fourth-order valence-corrected chi connectivity index (χ4v) is 2.62. The maximum absolute atomic E-state index is 12.4. The van der Waals surface area contributed by atoms with Crippen LogP contribution in [0.1, 0.15) is 31.1 Å². The third-order valence-electron chi connectivity index (χ3n) is 3.84. The number of rotatable bonds is 4. The summed E-state index contributed by atoms with van der Waals surface area (Å²) in [6.07, 6.45) is 0.205. The van der Waals surface area contributed by atoms with Crippen LogP contribution in [0.25, 0.3) is 0 Å². The maximum Gasteiger partial charge on any atom is 0.248 e. The number of hydrogen-bond donors (Lipinski definition) is 1. The van der Waals surface area contributed by atoms with Gasteiger partial charge in [0.05, 0.1) is 5.92 Å². The number of hydrogen-bond acceptors (Lipinski definition) is 5. The monoisotopic (exact) mass is 314 g/mol. The van der Waals surface area contributed by atoms with E-state index in [4.69, 9.17) is 4.52 Å². The molecule has 7 heteroatoms. The van der Waals surface area contributed by atoms with Crippen molar-refractivity contribution in [3.8, 4) is 0 Å². The summed E-state index contributed by atoms with van der Waals surface area (Å²) in [4.78, 5) is 30.3. The molecule has 1 aromatic carbocycles. The van der Waals surface area contributed by atoms with Gasteiger partial charge in [-0.25, -0.2) is 0 Å². The Labute approximate surface area is 133 Å². The van der Waals surface area contributed by atoms with Gasteiger partial charge in [-0.05, 0) is 26.0 Å². The summed E-state index contributed by atoms with van der Waals surface area (Å²) < 4.78 is 5.05. The summed E-state index contributed by atoms with van der Waals surface area (Å²) in [7, 11) is 0. The van der Waals surface area contributed by atoms with E-state index in [9.17, 15) is 9.59 Å². The predicted molar refractivity (Wildman–Crippen MR) is 82.5 cm³/mol. The zero-order chi connectivity index (χ0) is 16.4. The average Bonchev–Trinajstić information content (AvgIpc) is 3.14. The SMILES string of the molecule is Cc1noc([C@H](C)NC(=O)[C@H]2CC(=O)N(c3ccccc3)C2)n1. The lowest BCUT2D eigenvalue weighted by Crippen LogP contribution is -2.34. The molecular formula is C16H18N4O3. The van der Waals surface area contributed by atoms with E-state index in [0.717, 1.165) is 5.69 Å². The molecule has 0 spiro atoms. The number of para-hydroxylation sites is 1. The summed E-state index contributed by atoms with van der Waals surface area (Å²) in [6, 6.07) is 8.97. The number of carbonyl (C=O) groups is 2. The van der Waals surface area contributed by atoms with Crippen molar-refractivity contribution in [2.75, 3.05) is 11.4 Å². The van der Waals surface area contributed by atoms with Crippen LogP contribution in [0.5, 0.6) is 0 Å². The van der Waals surface area contributed by atoms with Crippen molar-refractivity contribution in [2.45, 2.75) is 26.3 Å². The molecule has 0 saturated carbocycles. The molecule has 1 N–H and O–H groups in total. The van der Waals surface area contributed by atoms with E-state index in [1.165, 1.54) is 0 Å². The Morgan fingerprint density at radius 3 is 2.78 bits per heavy atom. The number of amides is 2. The highest BCUT2D eigenvalue weighted by Gasteiger charge is 2.35. The molecule has 0 aliphatic carbocycles. The number of aryl methyl sites for hydroxylation is 1. The van der Waals surface area contributed by atoms with Crippen molar-refractivity contribution in [1.29, 1.82) is 0 Å². The van der Waals surface area contributed by atoms with Crippen LogP contribution < -0.4 is 10.2 Å². The van der Waals surface area contributed by atoms with Crippen molar-refractivity contribution >= 4 is 17.5 Å². The molecular weight excluding hydrogens is 296 g/mol. The normalized spacial score (nSPS) is 19.0. The summed E-state index contributed by atoms with van der Waals surface area (Å²) >= 11 is 0. The molecule has 120 valence electrons. The first kappa shape index (κ1) is 15.2. The molecule has 2 atom stereocenters. The van der Waals surface area contributed by atoms with Crippen LogP contribution in [0, 0.1) is 12.8 Å². The molecule has 2 amide bonds. The summed E-state index contributed by atoms with van der Waals surface area (Å²) in [5.74, 6) is 0.277. The van der Waals surface area contributed by atoms with E-state index in [2.05, 4.69) is 15.5 Å². The predicted octanol–water partition coefficient (Wildman–Crippen LogP) is 1.61. The van der Waals surface area contributed by atoms with Crippen molar-refractivity contribution in [3.05, 3.63) is 42.0 Å². The molecule has 1 fully saturated rings. The largest absolute Gasteiger partial charge is 0.344 e. The van der Waals surface area contributed by atoms with Gasteiger partial charge in [-0.1, -0.05) is 23.4 Å². The number of benzene rings is 1. The number of carbonyl (C=O) groups excluding carboxylic acids is 2. The number of anilines is 1. The highest BCUT2D eigenvalue weighted by Crippen LogP contribution is 2.25. The second-order valence-electron chi connectivity index (χ2n) is 5.65. The standard InChI is InChI=1S/C16H18N4O3/c1-10(16-18-11(2)19-23-16)17-15(22)12-8-14(21)20(9-12)13-6-4-3-5-7-13/h3-7,10,12H,8-9H2,1-2H3,(H,17,22)/t10-,12-/m0/s1. The lowest BCUT2D eigenvalue weighted by atomic mass is 10.1. The quantitative estimate of drug-likeness (QED) is 0.926. The van der Waals surface area contributed by atoms with Crippen molar-refractivity contribution < 1.29 is 14.1 Å². The third-order valence-corrected chi connectivity index (χ3v) is 3.84. The number of aromatic nitrogens is 2. The molecule has 0 bridgehead atoms. The minimum absolute atomic E-state index is 0.0439. The highest BCUT2D eigenvalue weighted by molar-refractivity contribution is 6.00. The van der Waals surface area contributed by atoms with E-state index in [-0.39, 0.29) is 30.2 Å². The first-order chi connectivity index (χ1) is 11.0. The molecule has 0 radical (unpaired) electrons. The smallest absolute Gasteiger partial charge is 0.248 e. The topological polar surface area (TPSA) is 88.3 Å². The van der Waals surface area contributed by atoms with Gasteiger partial charge in [0.25, 0.3) is 0 Å². The van der Waals surface area contributed by atoms with Crippen LogP contribution in [0.15, 0.2) is 34.9 Å². The molecule has 23 heavy (non-hydrogen) atoms. The summed E-state index contributed by atoms with van der Waals surface area (Å²) in [6.45, 7) is 3.87. The Balaban J connectivity index is 1.64.